The second-order valence-electron chi connectivity index (χ2n) is 4.80. The minimum Gasteiger partial charge on any atom is -0.390 e. The van der Waals surface area contributed by atoms with Crippen molar-refractivity contribution < 1.29 is 14.4 Å². The van der Waals surface area contributed by atoms with Gasteiger partial charge in [0.05, 0.1) is 23.6 Å². The topological polar surface area (TPSA) is 67.8 Å². The van der Waals surface area contributed by atoms with Crippen LogP contribution in [0.4, 0.5) is 0 Å². The molecule has 1 N–H and O–H groups in total. The normalized spacial score (nSPS) is 17.5. The van der Waals surface area contributed by atoms with E-state index in [4.69, 9.17) is 4.84 Å². The number of nitrogens with one attached hydrogen (secondary N) is 1. The van der Waals surface area contributed by atoms with Crippen molar-refractivity contribution >= 4 is 28.7 Å². The Bertz CT molecular complexity index is 536. The Morgan fingerprint density at radius 3 is 2.95 bits per heavy atom. The molecule has 1 aliphatic rings. The molecule has 5 nitrogen and oxygen atoms in total. The summed E-state index contributed by atoms with van der Waals surface area (Å²) in [6.45, 7) is 4.03. The van der Waals surface area contributed by atoms with Gasteiger partial charge in [-0.2, -0.15) is 0 Å². The largest absolute Gasteiger partial charge is 0.390 e. The van der Waals surface area contributed by atoms with E-state index in [0.717, 1.165) is 24.1 Å². The van der Waals surface area contributed by atoms with Gasteiger partial charge in [-0.25, -0.2) is 0 Å². The zero-order valence-corrected chi connectivity index (χ0v) is 12.5. The Morgan fingerprint density at radius 2 is 2.35 bits per heavy atom. The van der Waals surface area contributed by atoms with Crippen LogP contribution in [0, 0.1) is 0 Å². The van der Waals surface area contributed by atoms with Crippen LogP contribution in [0.25, 0.3) is 0 Å². The number of Topliss-reactive ketones (excluding diaryl/α,β-unsaturated/α-hetero) is 1. The van der Waals surface area contributed by atoms with Crippen molar-refractivity contribution in [2.45, 2.75) is 39.2 Å². The third-order valence-corrected chi connectivity index (χ3v) is 4.17. The van der Waals surface area contributed by atoms with E-state index >= 15 is 0 Å². The van der Waals surface area contributed by atoms with Crippen molar-refractivity contribution in [2.75, 3.05) is 6.54 Å². The van der Waals surface area contributed by atoms with E-state index in [1.54, 1.807) is 6.07 Å². The lowest BCUT2D eigenvalue weighted by Gasteiger charge is -2.09. The molecule has 0 fully saturated rings. The highest BCUT2D eigenvalue weighted by Gasteiger charge is 2.20. The number of thiophene rings is 1. The molecule has 1 aliphatic heterocycles. The van der Waals surface area contributed by atoms with Gasteiger partial charge in [0.15, 0.2) is 5.78 Å². The highest BCUT2D eigenvalue weighted by atomic mass is 32.1. The quantitative estimate of drug-likeness (QED) is 0.818. The number of hydrogen-bond acceptors (Lipinski definition) is 5. The molecule has 0 saturated heterocycles. The number of amides is 1. The number of carbonyl (C=O) groups excluding carboxylic acids is 2. The van der Waals surface area contributed by atoms with E-state index < -0.39 is 0 Å². The Labute approximate surface area is 122 Å². The van der Waals surface area contributed by atoms with Crippen LogP contribution in [0.1, 0.15) is 41.9 Å². The van der Waals surface area contributed by atoms with Crippen molar-refractivity contribution in [3.8, 4) is 0 Å². The van der Waals surface area contributed by atoms with Crippen LogP contribution in [0.3, 0.4) is 0 Å². The van der Waals surface area contributed by atoms with Gasteiger partial charge in [-0.1, -0.05) is 12.1 Å². The van der Waals surface area contributed by atoms with Gasteiger partial charge < -0.3 is 10.2 Å². The lowest BCUT2D eigenvalue weighted by molar-refractivity contribution is -0.121. The van der Waals surface area contributed by atoms with E-state index in [9.17, 15) is 9.59 Å². The molecular formula is C14H18N2O3S. The highest BCUT2D eigenvalue weighted by Crippen LogP contribution is 2.16. The van der Waals surface area contributed by atoms with E-state index in [2.05, 4.69) is 10.5 Å². The maximum atomic E-state index is 11.8. The first-order valence-corrected chi connectivity index (χ1v) is 7.53. The highest BCUT2D eigenvalue weighted by molar-refractivity contribution is 7.12. The smallest absolute Gasteiger partial charge is 0.224 e. The zero-order valence-electron chi connectivity index (χ0n) is 11.6. The summed E-state index contributed by atoms with van der Waals surface area (Å²) in [5.41, 5.74) is 1.91. The number of hydrogen-bond donors (Lipinski definition) is 1. The molecule has 0 saturated carbocycles. The third kappa shape index (κ3) is 3.90. The van der Waals surface area contributed by atoms with Crippen molar-refractivity contribution in [3.05, 3.63) is 21.9 Å². The predicted octanol–water partition coefficient (Wildman–Crippen LogP) is 2.16. The summed E-state index contributed by atoms with van der Waals surface area (Å²) in [5, 5.41) is 8.64. The van der Waals surface area contributed by atoms with Crippen molar-refractivity contribution in [1.29, 1.82) is 0 Å². The van der Waals surface area contributed by atoms with E-state index in [1.165, 1.54) is 18.3 Å². The summed E-state index contributed by atoms with van der Waals surface area (Å²) < 4.78 is 0. The SMILES string of the molecule is CCC1=NO[C@H](CNC(=O)Cc2csc(C(C)=O)c2)C1. The average Bonchev–Trinajstić information content (AvgIpc) is 3.04. The molecule has 2 rings (SSSR count). The minimum absolute atomic E-state index is 0.0326. The van der Waals surface area contributed by atoms with Crippen LogP contribution in [0.2, 0.25) is 0 Å². The van der Waals surface area contributed by atoms with Gasteiger partial charge in [0, 0.05) is 6.42 Å². The van der Waals surface area contributed by atoms with E-state index in [0.29, 0.717) is 11.4 Å². The summed E-state index contributed by atoms with van der Waals surface area (Å²) in [6, 6.07) is 1.77. The van der Waals surface area contributed by atoms with Gasteiger partial charge >= 0.3 is 0 Å². The first kappa shape index (κ1) is 14.7. The van der Waals surface area contributed by atoms with Crippen LogP contribution in [0.5, 0.6) is 0 Å². The maximum Gasteiger partial charge on any atom is 0.224 e. The van der Waals surface area contributed by atoms with Gasteiger partial charge in [0.2, 0.25) is 5.91 Å². The first-order valence-electron chi connectivity index (χ1n) is 6.65. The third-order valence-electron chi connectivity index (χ3n) is 3.09. The summed E-state index contributed by atoms with van der Waals surface area (Å²) >= 11 is 1.37. The summed E-state index contributed by atoms with van der Waals surface area (Å²) in [4.78, 5) is 28.9. The molecule has 1 atom stereocenters. The van der Waals surface area contributed by atoms with Gasteiger partial charge in [-0.3, -0.25) is 9.59 Å². The van der Waals surface area contributed by atoms with Crippen LogP contribution >= 0.6 is 11.3 Å². The molecule has 2 heterocycles. The number of carbonyl (C=O) groups is 2. The van der Waals surface area contributed by atoms with Gasteiger partial charge in [-0.15, -0.1) is 11.3 Å². The van der Waals surface area contributed by atoms with Crippen LogP contribution in [0.15, 0.2) is 16.6 Å². The van der Waals surface area contributed by atoms with Crippen molar-refractivity contribution in [2.24, 2.45) is 5.16 Å². The van der Waals surface area contributed by atoms with E-state index in [-0.39, 0.29) is 24.2 Å². The predicted molar refractivity (Wildman–Crippen MR) is 78.3 cm³/mol. The molecule has 0 aliphatic carbocycles. The second kappa shape index (κ2) is 6.65. The average molecular weight is 294 g/mol. The Balaban J connectivity index is 1.74. The fraction of sp³-hybridized carbons (Fsp3) is 0.500. The summed E-state index contributed by atoms with van der Waals surface area (Å²) in [5.74, 6) is -0.0308. The van der Waals surface area contributed by atoms with Crippen LogP contribution < -0.4 is 5.32 Å². The van der Waals surface area contributed by atoms with Gasteiger partial charge in [-0.05, 0) is 30.4 Å². The lowest BCUT2D eigenvalue weighted by Crippen LogP contribution is -2.33. The number of rotatable bonds is 6. The standard InChI is InChI=1S/C14H18N2O3S/c1-3-11-6-12(19-16-11)7-15-14(18)5-10-4-13(9(2)17)20-8-10/h4,8,12H,3,5-7H2,1-2H3,(H,15,18)/t12-/m0/s1. The lowest BCUT2D eigenvalue weighted by atomic mass is 10.1. The summed E-state index contributed by atoms with van der Waals surface area (Å²) in [6.07, 6.45) is 1.90. The number of nitrogens with zero attached hydrogens (tertiary/aromatic N) is 1. The van der Waals surface area contributed by atoms with Gasteiger partial charge in [0.1, 0.15) is 6.10 Å². The molecule has 1 aromatic rings. The van der Waals surface area contributed by atoms with Gasteiger partial charge in [0.25, 0.3) is 0 Å². The molecule has 20 heavy (non-hydrogen) atoms. The second-order valence-corrected chi connectivity index (χ2v) is 5.71. The van der Waals surface area contributed by atoms with Crippen molar-refractivity contribution in [1.82, 2.24) is 5.32 Å². The molecule has 0 radical (unpaired) electrons. The minimum atomic E-state index is -0.0635. The molecule has 1 aromatic heterocycles. The van der Waals surface area contributed by atoms with E-state index in [1.807, 2.05) is 12.3 Å². The maximum absolute atomic E-state index is 11.8. The molecule has 0 unspecified atom stereocenters. The van der Waals surface area contributed by atoms with Crippen LogP contribution in [-0.2, 0) is 16.1 Å². The number of ketones is 1. The molecular weight excluding hydrogens is 276 g/mol. The molecule has 108 valence electrons. The monoisotopic (exact) mass is 294 g/mol. The molecule has 0 aromatic carbocycles. The van der Waals surface area contributed by atoms with Crippen molar-refractivity contribution in [3.63, 3.8) is 0 Å². The summed E-state index contributed by atoms with van der Waals surface area (Å²) in [7, 11) is 0. The van der Waals surface area contributed by atoms with Crippen LogP contribution in [-0.4, -0.2) is 30.1 Å². The first-order chi connectivity index (χ1) is 9.58. The number of oxime groups is 1. The molecule has 1 amide bonds. The molecule has 0 spiro atoms. The zero-order chi connectivity index (χ0) is 14.5. The Morgan fingerprint density at radius 1 is 1.55 bits per heavy atom. The Kier molecular flexibility index (Phi) is 4.89. The fourth-order valence-electron chi connectivity index (χ4n) is 1.93. The Hall–Kier alpha value is -1.69. The fourth-order valence-corrected chi connectivity index (χ4v) is 2.75. The molecule has 6 heteroatoms. The molecule has 0 bridgehead atoms.